The molecule has 0 aromatic heterocycles. The summed E-state index contributed by atoms with van der Waals surface area (Å²) < 4.78 is 0. The number of fused-ring (bicyclic) bond motifs is 5. The number of hydrogen-bond acceptors (Lipinski definition) is 3. The van der Waals surface area contributed by atoms with Gasteiger partial charge in [-0.05, 0) is 104 Å². The van der Waals surface area contributed by atoms with Gasteiger partial charge in [0.25, 0.3) is 0 Å². The molecule has 0 amide bonds. The fourth-order valence-electron chi connectivity index (χ4n) is 8.73. The van der Waals surface area contributed by atoms with E-state index in [4.69, 9.17) is 5.11 Å². The summed E-state index contributed by atoms with van der Waals surface area (Å²) >= 11 is 0. The predicted octanol–water partition coefficient (Wildman–Crippen LogP) is 4.48. The molecule has 160 valence electrons. The molecule has 10 atom stereocenters. The third kappa shape index (κ3) is 3.14. The Labute approximate surface area is 170 Å². The lowest BCUT2D eigenvalue weighted by Crippen LogP contribution is -2.58. The maximum atomic E-state index is 11.2. The maximum absolute atomic E-state index is 11.2. The average molecular weight is 393 g/mol. The zero-order chi connectivity index (χ0) is 20.3. The van der Waals surface area contributed by atoms with E-state index in [2.05, 4.69) is 20.8 Å². The molecule has 9 unspecified atom stereocenters. The molecule has 0 aliphatic heterocycles. The van der Waals surface area contributed by atoms with E-state index in [1.165, 1.54) is 25.7 Å². The van der Waals surface area contributed by atoms with Crippen molar-refractivity contribution in [3.05, 3.63) is 0 Å². The lowest BCUT2D eigenvalue weighted by atomic mass is 9.43. The largest absolute Gasteiger partial charge is 0.481 e. The van der Waals surface area contributed by atoms with E-state index >= 15 is 0 Å². The molecule has 4 aliphatic carbocycles. The van der Waals surface area contributed by atoms with Crippen LogP contribution >= 0.6 is 0 Å². The number of rotatable bonds is 4. The van der Waals surface area contributed by atoms with Crippen LogP contribution in [0.3, 0.4) is 0 Å². The SMILES string of the molecule is CC(CCC(=O)O)C1CCC2C3C(O)CC4C[C@H](O)CCC4(C)C3CCC12C. The fourth-order valence-corrected chi connectivity index (χ4v) is 8.73. The molecular weight excluding hydrogens is 352 g/mol. The zero-order valence-corrected chi connectivity index (χ0v) is 17.9. The summed E-state index contributed by atoms with van der Waals surface area (Å²) in [5.74, 6) is 2.36. The molecule has 0 aromatic rings. The summed E-state index contributed by atoms with van der Waals surface area (Å²) in [4.78, 5) is 11.1. The summed E-state index contributed by atoms with van der Waals surface area (Å²) in [6.07, 6.45) is 9.19. The minimum atomic E-state index is -0.684. The Kier molecular flexibility index (Phi) is 5.36. The van der Waals surface area contributed by atoms with E-state index in [-0.39, 0.29) is 29.5 Å². The van der Waals surface area contributed by atoms with Gasteiger partial charge in [0.2, 0.25) is 0 Å². The molecule has 4 heteroatoms. The van der Waals surface area contributed by atoms with Crippen LogP contribution in [0.15, 0.2) is 0 Å². The quantitative estimate of drug-likeness (QED) is 0.659. The topological polar surface area (TPSA) is 77.8 Å². The summed E-state index contributed by atoms with van der Waals surface area (Å²) in [5.41, 5.74) is 0.523. The molecule has 3 N–H and O–H groups in total. The number of aliphatic hydroxyl groups excluding tert-OH is 2. The average Bonchev–Trinajstić information content (AvgIpc) is 2.98. The summed E-state index contributed by atoms with van der Waals surface area (Å²) in [6.45, 7) is 7.16. The van der Waals surface area contributed by atoms with Gasteiger partial charge in [-0.1, -0.05) is 20.8 Å². The lowest BCUT2D eigenvalue weighted by molar-refractivity contribution is -0.174. The van der Waals surface area contributed by atoms with Crippen LogP contribution in [0.1, 0.15) is 85.0 Å². The minimum Gasteiger partial charge on any atom is -0.481 e. The van der Waals surface area contributed by atoms with Gasteiger partial charge in [-0.3, -0.25) is 4.79 Å². The van der Waals surface area contributed by atoms with Crippen LogP contribution < -0.4 is 0 Å². The monoisotopic (exact) mass is 392 g/mol. The van der Waals surface area contributed by atoms with Gasteiger partial charge in [0.1, 0.15) is 0 Å². The van der Waals surface area contributed by atoms with Gasteiger partial charge < -0.3 is 15.3 Å². The molecule has 4 nitrogen and oxygen atoms in total. The molecule has 0 bridgehead atoms. The van der Waals surface area contributed by atoms with Gasteiger partial charge in [-0.2, -0.15) is 0 Å². The number of aliphatic hydroxyl groups is 2. The standard InChI is InChI=1S/C24H40O4/c1-14(4-7-21(27)28)17-5-6-18-22-19(9-11-24(17,18)3)23(2)10-8-16(25)12-15(23)13-20(22)26/h14-20,22,25-26H,4-13H2,1-3H3,(H,27,28)/t14?,15?,16-,17?,18?,19?,20?,22?,23?,24?/m1/s1. The first-order valence-corrected chi connectivity index (χ1v) is 11.7. The second-order valence-electron chi connectivity index (χ2n) is 11.4. The number of carbonyl (C=O) groups is 1. The van der Waals surface area contributed by atoms with E-state index < -0.39 is 5.97 Å². The Balaban J connectivity index is 1.55. The van der Waals surface area contributed by atoms with Gasteiger partial charge in [0.15, 0.2) is 0 Å². The maximum Gasteiger partial charge on any atom is 0.303 e. The Morgan fingerprint density at radius 2 is 1.68 bits per heavy atom. The van der Waals surface area contributed by atoms with E-state index in [1.54, 1.807) is 0 Å². The molecule has 4 saturated carbocycles. The molecule has 0 aromatic carbocycles. The first kappa shape index (κ1) is 20.7. The van der Waals surface area contributed by atoms with Gasteiger partial charge in [-0.25, -0.2) is 0 Å². The number of aliphatic carboxylic acids is 1. The van der Waals surface area contributed by atoms with E-state index in [0.717, 1.165) is 32.1 Å². The number of carboxylic acid groups (broad SMARTS) is 1. The van der Waals surface area contributed by atoms with Crippen molar-refractivity contribution < 1.29 is 20.1 Å². The molecule has 4 fully saturated rings. The third-order valence-corrected chi connectivity index (χ3v) is 10.2. The Hall–Kier alpha value is -0.610. The molecule has 0 saturated heterocycles. The van der Waals surface area contributed by atoms with Crippen molar-refractivity contribution in [2.75, 3.05) is 0 Å². The van der Waals surface area contributed by atoms with Crippen LogP contribution in [-0.4, -0.2) is 33.5 Å². The molecular formula is C24H40O4. The molecule has 28 heavy (non-hydrogen) atoms. The normalized spacial score (nSPS) is 51.7. The molecule has 0 heterocycles. The van der Waals surface area contributed by atoms with E-state index in [1.807, 2.05) is 0 Å². The van der Waals surface area contributed by atoms with Gasteiger partial charge in [-0.15, -0.1) is 0 Å². The van der Waals surface area contributed by atoms with Crippen molar-refractivity contribution in [2.24, 2.45) is 46.3 Å². The highest BCUT2D eigenvalue weighted by Crippen LogP contribution is 2.68. The smallest absolute Gasteiger partial charge is 0.303 e. The van der Waals surface area contributed by atoms with Gasteiger partial charge >= 0.3 is 5.97 Å². The van der Waals surface area contributed by atoms with E-state index in [9.17, 15) is 15.0 Å². The van der Waals surface area contributed by atoms with Crippen LogP contribution in [-0.2, 0) is 4.79 Å². The first-order valence-electron chi connectivity index (χ1n) is 11.7. The van der Waals surface area contributed by atoms with Gasteiger partial charge in [0.05, 0.1) is 12.2 Å². The van der Waals surface area contributed by atoms with Crippen molar-refractivity contribution in [3.8, 4) is 0 Å². The highest BCUT2D eigenvalue weighted by molar-refractivity contribution is 5.66. The zero-order valence-electron chi connectivity index (χ0n) is 17.9. The van der Waals surface area contributed by atoms with Crippen molar-refractivity contribution in [3.63, 3.8) is 0 Å². The van der Waals surface area contributed by atoms with Crippen LogP contribution in [0.2, 0.25) is 0 Å². The Bertz CT molecular complexity index is 605. The molecule has 4 aliphatic rings. The molecule has 0 spiro atoms. The minimum absolute atomic E-state index is 0.179. The number of hydrogen-bond donors (Lipinski definition) is 3. The highest BCUT2D eigenvalue weighted by Gasteiger charge is 2.62. The first-order chi connectivity index (χ1) is 13.2. The van der Waals surface area contributed by atoms with Crippen molar-refractivity contribution in [1.82, 2.24) is 0 Å². The van der Waals surface area contributed by atoms with Crippen molar-refractivity contribution in [1.29, 1.82) is 0 Å². The predicted molar refractivity (Wildman–Crippen MR) is 109 cm³/mol. The Morgan fingerprint density at radius 1 is 1.00 bits per heavy atom. The second kappa shape index (κ2) is 7.27. The fraction of sp³-hybridized carbons (Fsp3) is 0.958. The summed E-state index contributed by atoms with van der Waals surface area (Å²) in [6, 6.07) is 0. The summed E-state index contributed by atoms with van der Waals surface area (Å²) in [5, 5.41) is 30.5. The van der Waals surface area contributed by atoms with E-state index in [0.29, 0.717) is 35.5 Å². The van der Waals surface area contributed by atoms with Crippen LogP contribution in [0.5, 0.6) is 0 Å². The van der Waals surface area contributed by atoms with Crippen LogP contribution in [0, 0.1) is 46.3 Å². The second-order valence-corrected chi connectivity index (χ2v) is 11.4. The van der Waals surface area contributed by atoms with Crippen molar-refractivity contribution in [2.45, 2.75) is 97.2 Å². The van der Waals surface area contributed by atoms with Crippen LogP contribution in [0.25, 0.3) is 0 Å². The van der Waals surface area contributed by atoms with Crippen LogP contribution in [0.4, 0.5) is 0 Å². The number of carboxylic acids is 1. The Morgan fingerprint density at radius 3 is 2.39 bits per heavy atom. The van der Waals surface area contributed by atoms with Crippen molar-refractivity contribution >= 4 is 5.97 Å². The molecule has 4 rings (SSSR count). The molecule has 0 radical (unpaired) electrons. The third-order valence-electron chi connectivity index (χ3n) is 10.2. The lowest BCUT2D eigenvalue weighted by Gasteiger charge is -2.62. The highest BCUT2D eigenvalue weighted by atomic mass is 16.4. The summed E-state index contributed by atoms with van der Waals surface area (Å²) in [7, 11) is 0. The van der Waals surface area contributed by atoms with Gasteiger partial charge in [0, 0.05) is 6.42 Å².